The van der Waals surface area contributed by atoms with E-state index >= 15 is 0 Å². The zero-order chi connectivity index (χ0) is 23.2. The second kappa shape index (κ2) is 11.8. The van der Waals surface area contributed by atoms with Crippen LogP contribution in [0.2, 0.25) is 0 Å². The molecule has 2 heteroatoms. The molecule has 0 radical (unpaired) electrons. The number of rotatable bonds is 9. The molecule has 182 valence electrons. The molecule has 2 aliphatic rings. The molecule has 0 aromatic heterocycles. The van der Waals surface area contributed by atoms with E-state index in [2.05, 4.69) is 6.92 Å². The van der Waals surface area contributed by atoms with Gasteiger partial charge in [0.1, 0.15) is 0 Å². The molecule has 2 aromatic rings. The molecule has 4 rings (SSSR count). The van der Waals surface area contributed by atoms with Gasteiger partial charge in [0.15, 0.2) is 11.6 Å². The molecule has 2 aromatic carbocycles. The number of hydrogen-bond donors (Lipinski definition) is 0. The molecule has 0 saturated heterocycles. The minimum absolute atomic E-state index is 0.427. The molecule has 2 fully saturated rings. The quantitative estimate of drug-likeness (QED) is 0.331. The first kappa shape index (κ1) is 24.7. The summed E-state index contributed by atoms with van der Waals surface area (Å²) >= 11 is 0. The monoisotopic (exact) mass is 454 g/mol. The van der Waals surface area contributed by atoms with Crippen LogP contribution >= 0.6 is 0 Å². The van der Waals surface area contributed by atoms with Gasteiger partial charge in [-0.1, -0.05) is 77.3 Å². The van der Waals surface area contributed by atoms with Crippen molar-refractivity contribution >= 4 is 10.8 Å². The fraction of sp³-hybridized carbons (Fsp3) is 0.677. The Labute approximate surface area is 200 Å². The molecule has 0 amide bonds. The Bertz CT molecular complexity index is 885. The largest absolute Gasteiger partial charge is 0.203 e. The predicted molar refractivity (Wildman–Crippen MR) is 137 cm³/mol. The lowest BCUT2D eigenvalue weighted by atomic mass is 9.68. The van der Waals surface area contributed by atoms with Crippen LogP contribution in [0.15, 0.2) is 24.3 Å². The van der Waals surface area contributed by atoms with Gasteiger partial charge in [0.25, 0.3) is 0 Å². The lowest BCUT2D eigenvalue weighted by molar-refractivity contribution is 0.140. The van der Waals surface area contributed by atoms with Crippen molar-refractivity contribution in [2.75, 3.05) is 0 Å². The summed E-state index contributed by atoms with van der Waals surface area (Å²) in [7, 11) is 0. The highest BCUT2D eigenvalue weighted by Gasteiger charge is 2.30. The summed E-state index contributed by atoms with van der Waals surface area (Å²) in [4.78, 5) is 0. The van der Waals surface area contributed by atoms with E-state index in [4.69, 9.17) is 0 Å². The number of aryl methyl sites for hydroxylation is 2. The molecule has 33 heavy (non-hydrogen) atoms. The Morgan fingerprint density at radius 2 is 1.36 bits per heavy atom. The first-order valence-corrected chi connectivity index (χ1v) is 14.0. The van der Waals surface area contributed by atoms with Crippen molar-refractivity contribution in [1.29, 1.82) is 0 Å². The zero-order valence-electron chi connectivity index (χ0n) is 21.0. The van der Waals surface area contributed by atoms with Crippen molar-refractivity contribution in [2.45, 2.75) is 110 Å². The topological polar surface area (TPSA) is 0 Å². The van der Waals surface area contributed by atoms with Crippen LogP contribution in [-0.2, 0) is 12.8 Å². The van der Waals surface area contributed by atoms with Gasteiger partial charge in [0.05, 0.1) is 0 Å². The maximum Gasteiger partial charge on any atom is 0.166 e. The molecule has 0 atom stereocenters. The second-order valence-electron chi connectivity index (χ2n) is 11.2. The molecular weight excluding hydrogens is 410 g/mol. The SMILES string of the molecule is CCCCCC1CCC(C2CCC(CCc3cc4ccc(CC)cc4c(F)c3F)CC2)CC1. The summed E-state index contributed by atoms with van der Waals surface area (Å²) < 4.78 is 29.5. The average molecular weight is 455 g/mol. The minimum Gasteiger partial charge on any atom is -0.203 e. The minimum atomic E-state index is -0.660. The van der Waals surface area contributed by atoms with E-state index in [-0.39, 0.29) is 0 Å². The first-order chi connectivity index (χ1) is 16.1. The molecule has 0 bridgehead atoms. The van der Waals surface area contributed by atoms with Crippen LogP contribution in [-0.4, -0.2) is 0 Å². The molecular formula is C31H44F2. The van der Waals surface area contributed by atoms with E-state index in [1.54, 1.807) is 6.07 Å². The van der Waals surface area contributed by atoms with Crippen LogP contribution in [0.5, 0.6) is 0 Å². The molecule has 2 aliphatic carbocycles. The summed E-state index contributed by atoms with van der Waals surface area (Å²) in [6.07, 6.45) is 19.2. The molecule has 0 unspecified atom stereocenters. The van der Waals surface area contributed by atoms with Gasteiger partial charge in [0, 0.05) is 5.39 Å². The van der Waals surface area contributed by atoms with Gasteiger partial charge in [-0.3, -0.25) is 0 Å². The number of fused-ring (bicyclic) bond motifs is 1. The highest BCUT2D eigenvalue weighted by Crippen LogP contribution is 2.43. The molecule has 0 heterocycles. The van der Waals surface area contributed by atoms with Crippen LogP contribution in [0.3, 0.4) is 0 Å². The standard InChI is InChI=1S/C31H44F2/c1-3-5-6-7-23-9-14-25(15-10-23)26-16-11-24(12-17-26)13-19-28-21-27-18-8-22(4-2)20-29(27)31(33)30(28)32/h8,18,20-21,23-26H,3-7,9-17,19H2,1-2H3. The fourth-order valence-corrected chi connectivity index (χ4v) is 6.77. The summed E-state index contributed by atoms with van der Waals surface area (Å²) in [6.45, 7) is 4.34. The molecule has 0 spiro atoms. The normalized spacial score (nSPS) is 26.1. The van der Waals surface area contributed by atoms with Crippen molar-refractivity contribution in [2.24, 2.45) is 23.7 Å². The predicted octanol–water partition coefficient (Wildman–Crippen LogP) is 9.81. The van der Waals surface area contributed by atoms with E-state index in [0.29, 0.717) is 23.3 Å². The van der Waals surface area contributed by atoms with Crippen LogP contribution in [0.4, 0.5) is 8.78 Å². The van der Waals surface area contributed by atoms with Gasteiger partial charge in [0.2, 0.25) is 0 Å². The van der Waals surface area contributed by atoms with Gasteiger partial charge >= 0.3 is 0 Å². The van der Waals surface area contributed by atoms with E-state index in [0.717, 1.165) is 41.5 Å². The third kappa shape index (κ3) is 6.17. The summed E-state index contributed by atoms with van der Waals surface area (Å²) in [6, 6.07) is 7.67. The summed E-state index contributed by atoms with van der Waals surface area (Å²) in [5.41, 5.74) is 1.61. The highest BCUT2D eigenvalue weighted by molar-refractivity contribution is 5.84. The molecule has 0 nitrogen and oxygen atoms in total. The Kier molecular flexibility index (Phi) is 8.83. The summed E-state index contributed by atoms with van der Waals surface area (Å²) in [5.74, 6) is 2.25. The molecule has 2 saturated carbocycles. The van der Waals surface area contributed by atoms with Gasteiger partial charge in [-0.25, -0.2) is 8.78 Å². The fourth-order valence-electron chi connectivity index (χ4n) is 6.77. The van der Waals surface area contributed by atoms with Gasteiger partial charge in [-0.2, -0.15) is 0 Å². The third-order valence-corrected chi connectivity index (χ3v) is 9.05. The van der Waals surface area contributed by atoms with Crippen molar-refractivity contribution < 1.29 is 8.78 Å². The third-order valence-electron chi connectivity index (χ3n) is 9.05. The maximum absolute atomic E-state index is 14.8. The van der Waals surface area contributed by atoms with E-state index < -0.39 is 11.6 Å². The van der Waals surface area contributed by atoms with E-state index in [9.17, 15) is 8.78 Å². The van der Waals surface area contributed by atoms with Crippen molar-refractivity contribution in [3.63, 3.8) is 0 Å². The summed E-state index contributed by atoms with van der Waals surface area (Å²) in [5, 5.41) is 1.26. The van der Waals surface area contributed by atoms with Crippen molar-refractivity contribution in [3.05, 3.63) is 47.0 Å². The number of benzene rings is 2. The lowest BCUT2D eigenvalue weighted by Crippen LogP contribution is -2.26. The van der Waals surface area contributed by atoms with Crippen LogP contribution in [0, 0.1) is 35.3 Å². The van der Waals surface area contributed by atoms with Crippen LogP contribution < -0.4 is 0 Å². The molecule has 0 N–H and O–H groups in total. The van der Waals surface area contributed by atoms with Crippen LogP contribution in [0.1, 0.15) is 108 Å². The number of unbranched alkanes of at least 4 members (excludes halogenated alkanes) is 2. The first-order valence-electron chi connectivity index (χ1n) is 14.0. The van der Waals surface area contributed by atoms with Crippen molar-refractivity contribution in [3.8, 4) is 0 Å². The number of halogens is 2. The Hall–Kier alpha value is -1.44. The van der Waals surface area contributed by atoms with Gasteiger partial charge < -0.3 is 0 Å². The Morgan fingerprint density at radius 3 is 1.97 bits per heavy atom. The van der Waals surface area contributed by atoms with E-state index in [1.807, 2.05) is 25.1 Å². The Morgan fingerprint density at radius 1 is 0.727 bits per heavy atom. The smallest absolute Gasteiger partial charge is 0.166 e. The maximum atomic E-state index is 14.8. The van der Waals surface area contributed by atoms with Gasteiger partial charge in [-0.15, -0.1) is 0 Å². The molecule has 0 aliphatic heterocycles. The average Bonchev–Trinajstić information content (AvgIpc) is 2.86. The van der Waals surface area contributed by atoms with Gasteiger partial charge in [-0.05, 0) is 97.3 Å². The lowest BCUT2D eigenvalue weighted by Gasteiger charge is -2.38. The van der Waals surface area contributed by atoms with E-state index in [1.165, 1.54) is 77.0 Å². The van der Waals surface area contributed by atoms with Crippen molar-refractivity contribution in [1.82, 2.24) is 0 Å². The number of hydrogen-bond acceptors (Lipinski definition) is 0. The second-order valence-corrected chi connectivity index (χ2v) is 11.2. The zero-order valence-corrected chi connectivity index (χ0v) is 21.0. The highest BCUT2D eigenvalue weighted by atomic mass is 19.2. The Balaban J connectivity index is 1.25. The van der Waals surface area contributed by atoms with Crippen LogP contribution in [0.25, 0.3) is 10.8 Å².